The van der Waals surface area contributed by atoms with Gasteiger partial charge in [-0.25, -0.2) is 14.6 Å². The summed E-state index contributed by atoms with van der Waals surface area (Å²) in [5.74, 6) is -0.317. The number of hydrazone groups is 1. The van der Waals surface area contributed by atoms with Crippen molar-refractivity contribution < 1.29 is 13.9 Å². The third-order valence-corrected chi connectivity index (χ3v) is 1.64. The van der Waals surface area contributed by atoms with Crippen LogP contribution >= 0.6 is 0 Å². The van der Waals surface area contributed by atoms with E-state index < -0.39 is 11.7 Å². The Kier molecular flexibility index (Phi) is 4.20. The van der Waals surface area contributed by atoms with Crippen LogP contribution in [0.3, 0.4) is 0 Å². The second-order valence-corrected chi connectivity index (χ2v) is 4.42. The van der Waals surface area contributed by atoms with Crippen molar-refractivity contribution in [2.24, 2.45) is 5.10 Å². The standard InChI is InChI=1S/C12H15FN2O2/c1-12(2,3)17-11(16)15-14-8-9-4-6-10(13)7-5-9/h4-8H,1-3H3,(H,15,16)/b14-8-. The fraction of sp³-hybridized carbons (Fsp3) is 0.333. The fourth-order valence-corrected chi connectivity index (χ4v) is 1.01. The van der Waals surface area contributed by atoms with Gasteiger partial charge in [-0.2, -0.15) is 5.10 Å². The van der Waals surface area contributed by atoms with Crippen LogP contribution in [0, 0.1) is 5.82 Å². The zero-order chi connectivity index (χ0) is 12.9. The molecule has 0 fully saturated rings. The molecular formula is C12H15FN2O2. The Balaban J connectivity index is 2.45. The molecule has 17 heavy (non-hydrogen) atoms. The van der Waals surface area contributed by atoms with E-state index in [-0.39, 0.29) is 5.82 Å². The van der Waals surface area contributed by atoms with E-state index in [4.69, 9.17) is 4.74 Å². The number of carbonyl (C=O) groups excluding carboxylic acids is 1. The van der Waals surface area contributed by atoms with Crippen LogP contribution in [0.2, 0.25) is 0 Å². The predicted molar refractivity (Wildman–Crippen MR) is 63.4 cm³/mol. The van der Waals surface area contributed by atoms with Gasteiger partial charge >= 0.3 is 6.09 Å². The van der Waals surface area contributed by atoms with Crippen LogP contribution in [-0.2, 0) is 4.74 Å². The van der Waals surface area contributed by atoms with Gasteiger partial charge < -0.3 is 4.74 Å². The Bertz CT molecular complexity index is 408. The average Bonchev–Trinajstić information content (AvgIpc) is 2.18. The molecule has 0 aliphatic heterocycles. The number of rotatable bonds is 2. The number of hydrogen-bond donors (Lipinski definition) is 1. The van der Waals surface area contributed by atoms with Gasteiger partial charge in [-0.15, -0.1) is 0 Å². The Morgan fingerprint density at radius 1 is 1.35 bits per heavy atom. The molecule has 4 nitrogen and oxygen atoms in total. The Morgan fingerprint density at radius 2 is 1.94 bits per heavy atom. The van der Waals surface area contributed by atoms with E-state index in [1.807, 2.05) is 0 Å². The number of nitrogens with one attached hydrogen (secondary N) is 1. The number of hydrogen-bond acceptors (Lipinski definition) is 3. The molecule has 1 amide bonds. The molecule has 0 atom stereocenters. The first-order valence-corrected chi connectivity index (χ1v) is 5.14. The zero-order valence-corrected chi connectivity index (χ0v) is 10.0. The highest BCUT2D eigenvalue weighted by molar-refractivity contribution is 5.80. The minimum atomic E-state index is -0.629. The number of ether oxygens (including phenoxy) is 1. The largest absolute Gasteiger partial charge is 0.443 e. The number of amides is 1. The Hall–Kier alpha value is -1.91. The second kappa shape index (κ2) is 5.43. The van der Waals surface area contributed by atoms with E-state index in [0.29, 0.717) is 5.56 Å². The summed E-state index contributed by atoms with van der Waals surface area (Å²) in [4.78, 5) is 11.2. The highest BCUT2D eigenvalue weighted by atomic mass is 19.1. The van der Waals surface area contributed by atoms with E-state index in [2.05, 4.69) is 10.5 Å². The molecule has 1 aromatic carbocycles. The van der Waals surface area contributed by atoms with E-state index in [9.17, 15) is 9.18 Å². The first-order chi connectivity index (χ1) is 7.87. The molecule has 1 rings (SSSR count). The molecule has 0 saturated carbocycles. The number of halogens is 1. The Morgan fingerprint density at radius 3 is 2.47 bits per heavy atom. The van der Waals surface area contributed by atoms with Crippen LogP contribution < -0.4 is 5.43 Å². The number of nitrogens with zero attached hydrogens (tertiary/aromatic N) is 1. The maximum atomic E-state index is 12.6. The van der Waals surface area contributed by atoms with E-state index >= 15 is 0 Å². The second-order valence-electron chi connectivity index (χ2n) is 4.42. The van der Waals surface area contributed by atoms with E-state index in [0.717, 1.165) is 0 Å². The molecule has 0 aromatic heterocycles. The van der Waals surface area contributed by atoms with Crippen molar-refractivity contribution in [3.63, 3.8) is 0 Å². The van der Waals surface area contributed by atoms with Crippen molar-refractivity contribution in [3.8, 4) is 0 Å². The van der Waals surface area contributed by atoms with Crippen molar-refractivity contribution in [2.45, 2.75) is 26.4 Å². The molecule has 0 unspecified atom stereocenters. The van der Waals surface area contributed by atoms with Crippen molar-refractivity contribution in [1.82, 2.24) is 5.43 Å². The molecule has 0 spiro atoms. The van der Waals surface area contributed by atoms with Crippen LogP contribution in [0.4, 0.5) is 9.18 Å². The summed E-state index contributed by atoms with van der Waals surface area (Å²) < 4.78 is 17.6. The highest BCUT2D eigenvalue weighted by Crippen LogP contribution is 2.06. The molecular weight excluding hydrogens is 223 g/mol. The summed E-state index contributed by atoms with van der Waals surface area (Å²) in [5, 5.41) is 3.68. The first-order valence-electron chi connectivity index (χ1n) is 5.14. The Labute approximate surface area is 99.5 Å². The van der Waals surface area contributed by atoms with Gasteiger partial charge in [-0.3, -0.25) is 0 Å². The molecule has 0 saturated heterocycles. The van der Waals surface area contributed by atoms with Crippen LogP contribution in [0.15, 0.2) is 29.4 Å². The lowest BCUT2D eigenvalue weighted by Gasteiger charge is -2.18. The fourth-order valence-electron chi connectivity index (χ4n) is 1.01. The summed E-state index contributed by atoms with van der Waals surface area (Å²) in [6.07, 6.45) is 0.777. The minimum Gasteiger partial charge on any atom is -0.443 e. The van der Waals surface area contributed by atoms with Crippen LogP contribution in [0.1, 0.15) is 26.3 Å². The summed E-state index contributed by atoms with van der Waals surface area (Å²) in [5.41, 5.74) is 2.34. The van der Waals surface area contributed by atoms with E-state index in [1.54, 1.807) is 32.9 Å². The lowest BCUT2D eigenvalue weighted by Crippen LogP contribution is -2.29. The lowest BCUT2D eigenvalue weighted by atomic mass is 10.2. The maximum Gasteiger partial charge on any atom is 0.428 e. The van der Waals surface area contributed by atoms with Crippen molar-refractivity contribution in [2.75, 3.05) is 0 Å². The summed E-state index contributed by atoms with van der Waals surface area (Å²) in [7, 11) is 0. The molecule has 5 heteroatoms. The van der Waals surface area contributed by atoms with Crippen molar-refractivity contribution in [1.29, 1.82) is 0 Å². The SMILES string of the molecule is CC(C)(C)OC(=O)N/N=C\c1ccc(F)cc1. The topological polar surface area (TPSA) is 50.7 Å². The predicted octanol–water partition coefficient (Wildman–Crippen LogP) is 2.68. The number of benzene rings is 1. The third kappa shape index (κ3) is 5.65. The summed E-state index contributed by atoms with van der Waals surface area (Å²) in [6, 6.07) is 5.73. The average molecular weight is 238 g/mol. The quantitative estimate of drug-likeness (QED) is 0.636. The van der Waals surface area contributed by atoms with Crippen molar-refractivity contribution >= 4 is 12.3 Å². The molecule has 0 bridgehead atoms. The maximum absolute atomic E-state index is 12.6. The van der Waals surface area contributed by atoms with Crippen LogP contribution in [-0.4, -0.2) is 17.9 Å². The monoisotopic (exact) mass is 238 g/mol. The van der Waals surface area contributed by atoms with Gasteiger partial charge in [0.05, 0.1) is 6.21 Å². The normalized spacial score (nSPS) is 11.5. The summed E-state index contributed by atoms with van der Waals surface area (Å²) in [6.45, 7) is 5.28. The smallest absolute Gasteiger partial charge is 0.428 e. The third-order valence-electron chi connectivity index (χ3n) is 1.64. The molecule has 0 radical (unpaired) electrons. The van der Waals surface area contributed by atoms with Gasteiger partial charge in [-0.1, -0.05) is 12.1 Å². The summed E-state index contributed by atoms with van der Waals surface area (Å²) >= 11 is 0. The molecule has 0 aliphatic rings. The lowest BCUT2D eigenvalue weighted by molar-refractivity contribution is 0.0529. The van der Waals surface area contributed by atoms with Crippen LogP contribution in [0.5, 0.6) is 0 Å². The van der Waals surface area contributed by atoms with Gasteiger partial charge in [0.15, 0.2) is 0 Å². The molecule has 0 aliphatic carbocycles. The molecule has 0 heterocycles. The van der Waals surface area contributed by atoms with Gasteiger partial charge in [-0.05, 0) is 38.5 Å². The van der Waals surface area contributed by atoms with Gasteiger partial charge in [0.25, 0.3) is 0 Å². The van der Waals surface area contributed by atoms with Gasteiger partial charge in [0, 0.05) is 0 Å². The van der Waals surface area contributed by atoms with Crippen molar-refractivity contribution in [3.05, 3.63) is 35.6 Å². The minimum absolute atomic E-state index is 0.317. The zero-order valence-electron chi connectivity index (χ0n) is 10.0. The van der Waals surface area contributed by atoms with Crippen LogP contribution in [0.25, 0.3) is 0 Å². The first kappa shape index (κ1) is 13.2. The number of carbonyl (C=O) groups is 1. The van der Waals surface area contributed by atoms with E-state index in [1.165, 1.54) is 18.3 Å². The van der Waals surface area contributed by atoms with Gasteiger partial charge in [0.1, 0.15) is 11.4 Å². The highest BCUT2D eigenvalue weighted by Gasteiger charge is 2.15. The molecule has 92 valence electrons. The molecule has 1 N–H and O–H groups in total. The van der Waals surface area contributed by atoms with Gasteiger partial charge in [0.2, 0.25) is 0 Å². The molecule has 1 aromatic rings.